The van der Waals surface area contributed by atoms with Gasteiger partial charge in [0.1, 0.15) is 6.04 Å². The quantitative estimate of drug-likeness (QED) is 0.647. The van der Waals surface area contributed by atoms with Crippen LogP contribution in [0.4, 0.5) is 4.79 Å². The van der Waals surface area contributed by atoms with Crippen molar-refractivity contribution in [3.63, 3.8) is 0 Å². The summed E-state index contributed by atoms with van der Waals surface area (Å²) in [5.74, 6) is -0.156. The van der Waals surface area contributed by atoms with E-state index in [1.54, 1.807) is 4.90 Å². The molecular weight excluding hydrogens is 212 g/mol. The van der Waals surface area contributed by atoms with Crippen LogP contribution < -0.4 is 0 Å². The number of carbonyl (C=O) groups excluding carboxylic acids is 1. The van der Waals surface area contributed by atoms with E-state index in [-0.39, 0.29) is 18.9 Å². The molecule has 0 aromatic carbocycles. The molecule has 90 valence electrons. The normalized spacial score (nSPS) is 29.8. The molecule has 0 aromatic rings. The van der Waals surface area contributed by atoms with Crippen LogP contribution in [-0.4, -0.2) is 63.8 Å². The maximum Gasteiger partial charge on any atom is 0.408 e. The minimum absolute atomic E-state index is 0.0413. The van der Waals surface area contributed by atoms with Crippen LogP contribution in [0.3, 0.4) is 0 Å². The van der Waals surface area contributed by atoms with Crippen molar-refractivity contribution in [2.45, 2.75) is 31.4 Å². The number of amides is 2. The van der Waals surface area contributed by atoms with Gasteiger partial charge in [0, 0.05) is 19.5 Å². The van der Waals surface area contributed by atoms with Gasteiger partial charge >= 0.3 is 6.09 Å². The SMILES string of the molecule is O=C([C@@H]1C[C@@H](O)CN1C(=O)O)N1CCCC1. The van der Waals surface area contributed by atoms with Crippen molar-refractivity contribution in [2.75, 3.05) is 19.6 Å². The van der Waals surface area contributed by atoms with Gasteiger partial charge in [-0.05, 0) is 12.8 Å². The van der Waals surface area contributed by atoms with Crippen molar-refractivity contribution in [1.82, 2.24) is 9.80 Å². The molecule has 2 heterocycles. The van der Waals surface area contributed by atoms with Crippen molar-refractivity contribution in [2.24, 2.45) is 0 Å². The molecule has 0 saturated carbocycles. The number of carboxylic acid groups (broad SMARTS) is 1. The van der Waals surface area contributed by atoms with Gasteiger partial charge in [-0.15, -0.1) is 0 Å². The lowest BCUT2D eigenvalue weighted by atomic mass is 10.2. The van der Waals surface area contributed by atoms with E-state index in [9.17, 15) is 14.7 Å². The Balaban J connectivity index is 2.06. The van der Waals surface area contributed by atoms with E-state index in [1.165, 1.54) is 0 Å². The number of hydrogen-bond acceptors (Lipinski definition) is 3. The number of hydrogen-bond donors (Lipinski definition) is 2. The molecule has 0 unspecified atom stereocenters. The molecule has 0 aromatic heterocycles. The highest BCUT2D eigenvalue weighted by atomic mass is 16.4. The highest BCUT2D eigenvalue weighted by Gasteiger charge is 2.41. The van der Waals surface area contributed by atoms with Crippen LogP contribution in [0.5, 0.6) is 0 Å². The maximum atomic E-state index is 12.0. The summed E-state index contributed by atoms with van der Waals surface area (Å²) in [4.78, 5) is 25.7. The molecule has 2 atom stereocenters. The Labute approximate surface area is 93.4 Å². The number of rotatable bonds is 1. The van der Waals surface area contributed by atoms with Gasteiger partial charge in [0.25, 0.3) is 0 Å². The Bertz CT molecular complexity index is 301. The second-order valence-electron chi connectivity index (χ2n) is 4.37. The zero-order valence-electron chi connectivity index (χ0n) is 9.00. The van der Waals surface area contributed by atoms with E-state index >= 15 is 0 Å². The Morgan fingerprint density at radius 1 is 1.19 bits per heavy atom. The molecule has 2 amide bonds. The molecule has 0 spiro atoms. The van der Waals surface area contributed by atoms with E-state index in [2.05, 4.69) is 0 Å². The Morgan fingerprint density at radius 2 is 1.81 bits per heavy atom. The predicted octanol–water partition coefficient (Wildman–Crippen LogP) is -0.278. The second-order valence-corrected chi connectivity index (χ2v) is 4.37. The van der Waals surface area contributed by atoms with E-state index in [0.29, 0.717) is 13.1 Å². The Kier molecular flexibility index (Phi) is 3.00. The van der Waals surface area contributed by atoms with Crippen LogP contribution in [-0.2, 0) is 4.79 Å². The minimum atomic E-state index is -1.13. The van der Waals surface area contributed by atoms with Gasteiger partial charge < -0.3 is 15.1 Å². The molecule has 2 aliphatic rings. The van der Waals surface area contributed by atoms with E-state index in [0.717, 1.165) is 17.7 Å². The fourth-order valence-electron chi connectivity index (χ4n) is 2.41. The van der Waals surface area contributed by atoms with Crippen molar-refractivity contribution >= 4 is 12.0 Å². The first-order chi connectivity index (χ1) is 7.59. The monoisotopic (exact) mass is 228 g/mol. The number of likely N-dealkylation sites (tertiary alicyclic amines) is 2. The first-order valence-electron chi connectivity index (χ1n) is 5.56. The summed E-state index contributed by atoms with van der Waals surface area (Å²) in [6, 6.07) is -0.689. The molecule has 6 nitrogen and oxygen atoms in total. The lowest BCUT2D eigenvalue weighted by Gasteiger charge is -2.25. The summed E-state index contributed by atoms with van der Waals surface area (Å²) >= 11 is 0. The molecular formula is C10H16N2O4. The summed E-state index contributed by atoms with van der Waals surface area (Å²) in [5.41, 5.74) is 0. The third-order valence-electron chi connectivity index (χ3n) is 3.23. The van der Waals surface area contributed by atoms with Gasteiger partial charge in [-0.1, -0.05) is 0 Å². The molecule has 2 aliphatic heterocycles. The van der Waals surface area contributed by atoms with Crippen molar-refractivity contribution in [3.05, 3.63) is 0 Å². The van der Waals surface area contributed by atoms with Gasteiger partial charge in [0.15, 0.2) is 0 Å². The summed E-state index contributed by atoms with van der Waals surface area (Å²) in [6.45, 7) is 1.46. The second kappa shape index (κ2) is 4.29. The van der Waals surface area contributed by atoms with Gasteiger partial charge in [-0.3, -0.25) is 9.69 Å². The fraction of sp³-hybridized carbons (Fsp3) is 0.800. The standard InChI is InChI=1S/C10H16N2O4/c13-7-5-8(12(6-7)10(15)16)9(14)11-3-1-2-4-11/h7-8,13H,1-6H2,(H,15,16)/t7-,8+/m1/s1. The van der Waals surface area contributed by atoms with E-state index in [1.807, 2.05) is 0 Å². The van der Waals surface area contributed by atoms with Crippen LogP contribution in [0.1, 0.15) is 19.3 Å². The first kappa shape index (κ1) is 11.2. The van der Waals surface area contributed by atoms with Gasteiger partial charge in [-0.2, -0.15) is 0 Å². The smallest absolute Gasteiger partial charge is 0.408 e. The molecule has 2 rings (SSSR count). The molecule has 0 bridgehead atoms. The van der Waals surface area contributed by atoms with E-state index < -0.39 is 18.2 Å². The number of aliphatic hydroxyl groups excluding tert-OH is 1. The zero-order valence-corrected chi connectivity index (χ0v) is 9.00. The summed E-state index contributed by atoms with van der Waals surface area (Å²) in [6.07, 6.45) is 0.339. The third-order valence-corrected chi connectivity index (χ3v) is 3.23. The molecule has 0 aliphatic carbocycles. The largest absolute Gasteiger partial charge is 0.465 e. The predicted molar refractivity (Wildman–Crippen MR) is 55.0 cm³/mol. The molecule has 2 fully saturated rings. The molecule has 16 heavy (non-hydrogen) atoms. The van der Waals surface area contributed by atoms with Crippen molar-refractivity contribution < 1.29 is 19.8 Å². The Hall–Kier alpha value is -1.30. The average molecular weight is 228 g/mol. The maximum absolute atomic E-state index is 12.0. The topological polar surface area (TPSA) is 81.1 Å². The summed E-state index contributed by atoms with van der Waals surface area (Å²) in [7, 11) is 0. The molecule has 2 saturated heterocycles. The average Bonchev–Trinajstić information content (AvgIpc) is 2.84. The van der Waals surface area contributed by atoms with Gasteiger partial charge in [0.2, 0.25) is 5.91 Å². The zero-order chi connectivity index (χ0) is 11.7. The van der Waals surface area contributed by atoms with Crippen LogP contribution in [0.15, 0.2) is 0 Å². The van der Waals surface area contributed by atoms with Crippen LogP contribution >= 0.6 is 0 Å². The fourth-order valence-corrected chi connectivity index (χ4v) is 2.41. The van der Waals surface area contributed by atoms with Crippen molar-refractivity contribution in [1.29, 1.82) is 0 Å². The molecule has 2 N–H and O–H groups in total. The lowest BCUT2D eigenvalue weighted by molar-refractivity contribution is -0.134. The summed E-state index contributed by atoms with van der Waals surface area (Å²) < 4.78 is 0. The van der Waals surface area contributed by atoms with Crippen molar-refractivity contribution in [3.8, 4) is 0 Å². The van der Waals surface area contributed by atoms with Crippen LogP contribution in [0.25, 0.3) is 0 Å². The lowest BCUT2D eigenvalue weighted by Crippen LogP contribution is -2.46. The Morgan fingerprint density at radius 3 is 2.38 bits per heavy atom. The van der Waals surface area contributed by atoms with Crippen LogP contribution in [0.2, 0.25) is 0 Å². The number of nitrogens with zero attached hydrogens (tertiary/aromatic N) is 2. The highest BCUT2D eigenvalue weighted by molar-refractivity contribution is 5.86. The number of aliphatic hydroxyl groups is 1. The highest BCUT2D eigenvalue weighted by Crippen LogP contribution is 2.21. The third kappa shape index (κ3) is 1.97. The minimum Gasteiger partial charge on any atom is -0.465 e. The first-order valence-corrected chi connectivity index (χ1v) is 5.56. The summed E-state index contributed by atoms with van der Waals surface area (Å²) in [5, 5.41) is 18.4. The molecule has 0 radical (unpaired) electrons. The van der Waals surface area contributed by atoms with Gasteiger partial charge in [-0.25, -0.2) is 4.79 Å². The van der Waals surface area contributed by atoms with E-state index in [4.69, 9.17) is 5.11 Å². The van der Waals surface area contributed by atoms with Crippen LogP contribution in [0, 0.1) is 0 Å². The molecule has 6 heteroatoms. The van der Waals surface area contributed by atoms with Gasteiger partial charge in [0.05, 0.1) is 12.6 Å². The number of β-amino-alcohol motifs (C(OH)–C–C–N with tert-alkyl or cyclic N) is 1. The number of carbonyl (C=O) groups is 2.